The number of fused-ring (bicyclic) bond motifs is 1. The van der Waals surface area contributed by atoms with Crippen molar-refractivity contribution >= 4 is 38.1 Å². The second-order valence-corrected chi connectivity index (χ2v) is 9.48. The van der Waals surface area contributed by atoms with Gasteiger partial charge in [0.05, 0.1) is 30.5 Å². The summed E-state index contributed by atoms with van der Waals surface area (Å²) in [6, 6.07) is 9.64. The van der Waals surface area contributed by atoms with Gasteiger partial charge in [-0.2, -0.15) is 0 Å². The highest BCUT2D eigenvalue weighted by atomic mass is 32.2. The fourth-order valence-corrected chi connectivity index (χ4v) is 5.18. The van der Waals surface area contributed by atoms with Gasteiger partial charge in [0.1, 0.15) is 5.75 Å². The van der Waals surface area contributed by atoms with Crippen LogP contribution in [0.2, 0.25) is 0 Å². The standard InChI is InChI=1S/C20H19N3O6S2/c1-11-19(12-4-6-15-14(8-12)21-18(24)10-29-15)22-20(30-11)23-31(25,26)13-5-7-16(27-2)17(9-13)28-3/h4-9H,10H2,1-3H3,(H,21,24)(H,22,23). The van der Waals surface area contributed by atoms with Crippen molar-refractivity contribution in [3.05, 3.63) is 41.3 Å². The number of aromatic nitrogens is 1. The first kappa shape index (κ1) is 20.9. The summed E-state index contributed by atoms with van der Waals surface area (Å²) in [6.07, 6.45) is 0. The van der Waals surface area contributed by atoms with Gasteiger partial charge in [-0.3, -0.25) is 9.52 Å². The fraction of sp³-hybridized carbons (Fsp3) is 0.200. The van der Waals surface area contributed by atoms with Crippen LogP contribution in [0.1, 0.15) is 4.88 Å². The van der Waals surface area contributed by atoms with E-state index in [1.54, 1.807) is 12.1 Å². The molecule has 4 rings (SSSR count). The van der Waals surface area contributed by atoms with Crippen molar-refractivity contribution in [3.63, 3.8) is 0 Å². The van der Waals surface area contributed by atoms with Crippen LogP contribution in [-0.4, -0.2) is 40.1 Å². The molecule has 0 saturated carbocycles. The summed E-state index contributed by atoms with van der Waals surface area (Å²) < 4.78 is 43.9. The summed E-state index contributed by atoms with van der Waals surface area (Å²) in [7, 11) is -0.983. The van der Waals surface area contributed by atoms with Crippen LogP contribution in [0.4, 0.5) is 10.8 Å². The summed E-state index contributed by atoms with van der Waals surface area (Å²) in [4.78, 5) is 16.9. The monoisotopic (exact) mass is 461 g/mol. The quantitative estimate of drug-likeness (QED) is 0.579. The van der Waals surface area contributed by atoms with Crippen LogP contribution in [0.15, 0.2) is 41.3 Å². The first-order valence-electron chi connectivity index (χ1n) is 9.10. The molecule has 162 valence electrons. The van der Waals surface area contributed by atoms with Crippen LogP contribution in [0.3, 0.4) is 0 Å². The van der Waals surface area contributed by atoms with E-state index in [0.29, 0.717) is 28.6 Å². The third kappa shape index (κ3) is 4.14. The molecule has 2 heterocycles. The van der Waals surface area contributed by atoms with Crippen LogP contribution in [-0.2, 0) is 14.8 Å². The molecule has 0 aliphatic carbocycles. The van der Waals surface area contributed by atoms with Gasteiger partial charge in [0.2, 0.25) is 0 Å². The Bertz CT molecular complexity index is 1270. The predicted octanol–water partition coefficient (Wildman–Crippen LogP) is 3.27. The third-order valence-electron chi connectivity index (χ3n) is 4.57. The van der Waals surface area contributed by atoms with E-state index < -0.39 is 10.0 Å². The minimum absolute atomic E-state index is 0.0215. The van der Waals surface area contributed by atoms with Crippen LogP contribution >= 0.6 is 11.3 Å². The SMILES string of the molecule is COc1ccc(S(=O)(=O)Nc2nc(-c3ccc4c(c3)NC(=O)CO4)c(C)s2)cc1OC. The number of hydrogen-bond donors (Lipinski definition) is 2. The van der Waals surface area contributed by atoms with E-state index in [1.165, 1.54) is 43.8 Å². The number of aryl methyl sites for hydroxylation is 1. The van der Waals surface area contributed by atoms with Crippen LogP contribution < -0.4 is 24.2 Å². The highest BCUT2D eigenvalue weighted by Crippen LogP contribution is 2.37. The van der Waals surface area contributed by atoms with Crippen molar-refractivity contribution in [2.45, 2.75) is 11.8 Å². The second-order valence-electron chi connectivity index (χ2n) is 6.59. The molecule has 0 unspecified atom stereocenters. The number of carbonyl (C=O) groups excluding carboxylic acids is 1. The molecule has 9 nitrogen and oxygen atoms in total. The Morgan fingerprint density at radius 3 is 2.65 bits per heavy atom. The van der Waals surface area contributed by atoms with Gasteiger partial charge in [0.15, 0.2) is 23.2 Å². The van der Waals surface area contributed by atoms with Gasteiger partial charge in [-0.1, -0.05) is 0 Å². The zero-order valence-corrected chi connectivity index (χ0v) is 18.5. The number of sulfonamides is 1. The number of thiazole rings is 1. The van der Waals surface area contributed by atoms with Gasteiger partial charge in [0.25, 0.3) is 15.9 Å². The Balaban J connectivity index is 1.62. The summed E-state index contributed by atoms with van der Waals surface area (Å²) >= 11 is 1.21. The number of benzene rings is 2. The van der Waals surface area contributed by atoms with Crippen molar-refractivity contribution in [1.29, 1.82) is 0 Å². The van der Waals surface area contributed by atoms with Crippen molar-refractivity contribution in [1.82, 2.24) is 4.98 Å². The van der Waals surface area contributed by atoms with Crippen molar-refractivity contribution in [3.8, 4) is 28.5 Å². The second kappa shape index (κ2) is 8.08. The Morgan fingerprint density at radius 1 is 1.13 bits per heavy atom. The molecular formula is C20H19N3O6S2. The van der Waals surface area contributed by atoms with Crippen LogP contribution in [0.25, 0.3) is 11.3 Å². The topological polar surface area (TPSA) is 116 Å². The summed E-state index contributed by atoms with van der Waals surface area (Å²) in [5, 5.41) is 2.98. The number of hydrogen-bond acceptors (Lipinski definition) is 8. The van der Waals surface area contributed by atoms with E-state index in [1.807, 2.05) is 13.0 Å². The first-order valence-corrected chi connectivity index (χ1v) is 11.4. The van der Waals surface area contributed by atoms with Gasteiger partial charge in [-0.25, -0.2) is 13.4 Å². The molecule has 1 aromatic heterocycles. The molecule has 31 heavy (non-hydrogen) atoms. The first-order chi connectivity index (χ1) is 14.8. The molecule has 1 aliphatic rings. The predicted molar refractivity (Wildman–Crippen MR) is 117 cm³/mol. The maximum atomic E-state index is 12.8. The minimum atomic E-state index is -3.89. The van der Waals surface area contributed by atoms with Crippen molar-refractivity contribution in [2.24, 2.45) is 0 Å². The van der Waals surface area contributed by atoms with E-state index in [2.05, 4.69) is 15.0 Å². The van der Waals surface area contributed by atoms with Gasteiger partial charge in [0, 0.05) is 16.5 Å². The average molecular weight is 462 g/mol. The molecule has 11 heteroatoms. The van der Waals surface area contributed by atoms with E-state index >= 15 is 0 Å². The Hall–Kier alpha value is -3.31. The van der Waals surface area contributed by atoms with Gasteiger partial charge in [-0.05, 0) is 37.3 Å². The zero-order chi connectivity index (χ0) is 22.2. The third-order valence-corrected chi connectivity index (χ3v) is 6.92. The number of carbonyl (C=O) groups is 1. The highest BCUT2D eigenvalue weighted by Gasteiger charge is 2.22. The molecule has 1 amide bonds. The summed E-state index contributed by atoms with van der Waals surface area (Å²) in [5.74, 6) is 1.07. The number of nitrogens with one attached hydrogen (secondary N) is 2. The minimum Gasteiger partial charge on any atom is -0.493 e. The summed E-state index contributed by atoms with van der Waals surface area (Å²) in [6.45, 7) is 1.82. The number of amides is 1. The molecule has 2 N–H and O–H groups in total. The molecular weight excluding hydrogens is 442 g/mol. The lowest BCUT2D eigenvalue weighted by atomic mass is 10.1. The van der Waals surface area contributed by atoms with Crippen molar-refractivity contribution in [2.75, 3.05) is 30.9 Å². The van der Waals surface area contributed by atoms with E-state index in [0.717, 1.165) is 10.4 Å². The molecule has 2 aromatic carbocycles. The average Bonchev–Trinajstić information content (AvgIpc) is 3.11. The lowest BCUT2D eigenvalue weighted by molar-refractivity contribution is -0.118. The number of rotatable bonds is 6. The van der Waals surface area contributed by atoms with E-state index in [-0.39, 0.29) is 22.5 Å². The molecule has 0 radical (unpaired) electrons. The molecule has 3 aromatic rings. The lowest BCUT2D eigenvalue weighted by Crippen LogP contribution is -2.25. The number of ether oxygens (including phenoxy) is 3. The normalized spacial score (nSPS) is 13.1. The Labute approximate surface area is 183 Å². The van der Waals surface area contributed by atoms with E-state index in [9.17, 15) is 13.2 Å². The molecule has 0 fully saturated rings. The van der Waals surface area contributed by atoms with Gasteiger partial charge < -0.3 is 19.5 Å². The molecule has 1 aliphatic heterocycles. The molecule has 0 bridgehead atoms. The maximum absolute atomic E-state index is 12.8. The van der Waals surface area contributed by atoms with Gasteiger partial charge >= 0.3 is 0 Å². The van der Waals surface area contributed by atoms with Crippen molar-refractivity contribution < 1.29 is 27.4 Å². The maximum Gasteiger partial charge on any atom is 0.263 e. The highest BCUT2D eigenvalue weighted by molar-refractivity contribution is 7.93. The Morgan fingerprint density at radius 2 is 1.90 bits per heavy atom. The number of nitrogens with zero attached hydrogens (tertiary/aromatic N) is 1. The van der Waals surface area contributed by atoms with Gasteiger partial charge in [-0.15, -0.1) is 11.3 Å². The number of anilines is 2. The molecule has 0 atom stereocenters. The molecule has 0 saturated heterocycles. The van der Waals surface area contributed by atoms with Crippen LogP contribution in [0, 0.1) is 6.92 Å². The fourth-order valence-electron chi connectivity index (χ4n) is 3.10. The molecule has 0 spiro atoms. The smallest absolute Gasteiger partial charge is 0.263 e. The van der Waals surface area contributed by atoms with Crippen LogP contribution in [0.5, 0.6) is 17.2 Å². The summed E-state index contributed by atoms with van der Waals surface area (Å²) in [5.41, 5.74) is 1.89. The largest absolute Gasteiger partial charge is 0.493 e. The van der Waals surface area contributed by atoms with E-state index in [4.69, 9.17) is 14.2 Å². The number of methoxy groups -OCH3 is 2. The Kier molecular flexibility index (Phi) is 5.46. The zero-order valence-electron chi connectivity index (χ0n) is 16.9. The lowest BCUT2D eigenvalue weighted by Gasteiger charge is -2.18.